The van der Waals surface area contributed by atoms with Crippen molar-refractivity contribution in [2.45, 2.75) is 38.8 Å². The van der Waals surface area contributed by atoms with E-state index in [0.29, 0.717) is 0 Å². The molecule has 0 spiro atoms. The lowest BCUT2D eigenvalue weighted by atomic mass is 10.0. The van der Waals surface area contributed by atoms with E-state index in [1.165, 1.54) is 14.1 Å². The predicted molar refractivity (Wildman–Crippen MR) is 120 cm³/mol. The summed E-state index contributed by atoms with van der Waals surface area (Å²) in [4.78, 5) is 25.2. The van der Waals surface area contributed by atoms with Crippen molar-refractivity contribution in [3.63, 3.8) is 0 Å². The van der Waals surface area contributed by atoms with Crippen LogP contribution < -0.4 is 10.6 Å². The number of alkyl carbamates (subject to hydrolysis) is 1. The maximum atomic E-state index is 12.9. The Morgan fingerprint density at radius 3 is 2.45 bits per heavy atom. The molecular formula is C21H32N4O5S. The van der Waals surface area contributed by atoms with E-state index >= 15 is 0 Å². The maximum absolute atomic E-state index is 12.9. The van der Waals surface area contributed by atoms with E-state index < -0.39 is 33.7 Å². The van der Waals surface area contributed by atoms with E-state index in [2.05, 4.69) is 10.6 Å². The number of carbonyl (C=O) groups is 2. The van der Waals surface area contributed by atoms with Gasteiger partial charge in [-0.15, -0.1) is 0 Å². The van der Waals surface area contributed by atoms with Crippen molar-refractivity contribution in [3.05, 3.63) is 36.0 Å². The lowest BCUT2D eigenvalue weighted by Crippen LogP contribution is -2.50. The number of hydrogen-bond donors (Lipinski definition) is 2. The van der Waals surface area contributed by atoms with E-state index in [4.69, 9.17) is 4.74 Å². The molecule has 31 heavy (non-hydrogen) atoms. The van der Waals surface area contributed by atoms with Gasteiger partial charge in [0, 0.05) is 51.2 Å². The first-order valence-corrected chi connectivity index (χ1v) is 11.6. The van der Waals surface area contributed by atoms with Gasteiger partial charge in [-0.3, -0.25) is 4.79 Å². The number of benzene rings is 1. The van der Waals surface area contributed by atoms with Gasteiger partial charge in [0.2, 0.25) is 15.9 Å². The van der Waals surface area contributed by atoms with Gasteiger partial charge in [0.15, 0.2) is 0 Å². The summed E-state index contributed by atoms with van der Waals surface area (Å²) < 4.78 is 32.2. The van der Waals surface area contributed by atoms with Gasteiger partial charge in [-0.25, -0.2) is 17.5 Å². The molecular weight excluding hydrogens is 420 g/mol. The van der Waals surface area contributed by atoms with Gasteiger partial charge < -0.3 is 19.9 Å². The fraction of sp³-hybridized carbons (Fsp3) is 0.524. The molecule has 172 valence electrons. The minimum Gasteiger partial charge on any atom is -0.444 e. The van der Waals surface area contributed by atoms with Gasteiger partial charge in [-0.2, -0.15) is 0 Å². The average molecular weight is 453 g/mol. The number of aromatic nitrogens is 1. The first-order valence-electron chi connectivity index (χ1n) is 10.0. The highest BCUT2D eigenvalue weighted by atomic mass is 32.2. The number of fused-ring (bicyclic) bond motifs is 1. The zero-order valence-corrected chi connectivity index (χ0v) is 19.7. The summed E-state index contributed by atoms with van der Waals surface area (Å²) in [5, 5.41) is 6.21. The fourth-order valence-electron chi connectivity index (χ4n) is 3.08. The molecule has 2 aromatic rings. The molecule has 0 saturated heterocycles. The molecule has 0 aliphatic carbocycles. The van der Waals surface area contributed by atoms with E-state index in [1.54, 1.807) is 20.8 Å². The highest BCUT2D eigenvalue weighted by Gasteiger charge is 2.26. The van der Waals surface area contributed by atoms with Crippen LogP contribution in [0.5, 0.6) is 0 Å². The monoisotopic (exact) mass is 452 g/mol. The van der Waals surface area contributed by atoms with Crippen molar-refractivity contribution < 1.29 is 22.7 Å². The third-order valence-electron chi connectivity index (χ3n) is 4.63. The number of para-hydroxylation sites is 1. The molecule has 0 aliphatic heterocycles. The number of rotatable bonds is 8. The van der Waals surface area contributed by atoms with Gasteiger partial charge in [0.05, 0.1) is 5.75 Å². The Morgan fingerprint density at radius 1 is 1.19 bits per heavy atom. The lowest BCUT2D eigenvalue weighted by Gasteiger charge is -2.23. The normalized spacial score (nSPS) is 13.3. The standard InChI is InChI=1S/C21H32N4O5S/c1-21(2,3)30-20(27)23-17(19(26)22-11-12-31(28,29)24(4)5)13-15-14-25(6)18-10-8-7-9-16(15)18/h7-10,14,17H,11-13H2,1-6H3,(H,22,26)(H,23,27). The Hall–Kier alpha value is -2.59. The molecule has 0 saturated carbocycles. The molecule has 1 atom stereocenters. The van der Waals surface area contributed by atoms with Crippen LogP contribution in [0.15, 0.2) is 30.5 Å². The molecule has 10 heteroatoms. The van der Waals surface area contributed by atoms with Crippen molar-refractivity contribution in [2.75, 3.05) is 26.4 Å². The van der Waals surface area contributed by atoms with Crippen LogP contribution in [0.4, 0.5) is 4.79 Å². The number of ether oxygens (including phenoxy) is 1. The summed E-state index contributed by atoms with van der Waals surface area (Å²) in [6.07, 6.45) is 1.43. The Morgan fingerprint density at radius 2 is 1.84 bits per heavy atom. The maximum Gasteiger partial charge on any atom is 0.408 e. The molecule has 1 aromatic heterocycles. The van der Waals surface area contributed by atoms with Crippen molar-refractivity contribution in [2.24, 2.45) is 7.05 Å². The van der Waals surface area contributed by atoms with E-state index in [-0.39, 0.29) is 18.7 Å². The van der Waals surface area contributed by atoms with E-state index in [1.807, 2.05) is 42.1 Å². The highest BCUT2D eigenvalue weighted by molar-refractivity contribution is 7.89. The third kappa shape index (κ3) is 6.96. The summed E-state index contributed by atoms with van der Waals surface area (Å²) >= 11 is 0. The molecule has 0 aliphatic rings. The summed E-state index contributed by atoms with van der Waals surface area (Å²) in [5.41, 5.74) is 1.17. The smallest absolute Gasteiger partial charge is 0.408 e. The van der Waals surface area contributed by atoms with Crippen molar-refractivity contribution in [1.82, 2.24) is 19.5 Å². The molecule has 1 heterocycles. The molecule has 2 amide bonds. The number of nitrogens with one attached hydrogen (secondary N) is 2. The zero-order chi connectivity index (χ0) is 23.4. The third-order valence-corrected chi connectivity index (χ3v) is 6.46. The van der Waals surface area contributed by atoms with Crippen LogP contribution in [-0.4, -0.2) is 67.3 Å². The minimum absolute atomic E-state index is 0.0681. The van der Waals surface area contributed by atoms with Gasteiger partial charge in [0.25, 0.3) is 0 Å². The molecule has 9 nitrogen and oxygen atoms in total. The number of amides is 2. The Bertz CT molecular complexity index is 1040. The molecule has 0 radical (unpaired) electrons. The molecule has 0 bridgehead atoms. The van der Waals surface area contributed by atoms with Crippen LogP contribution in [-0.2, 0) is 33.0 Å². The molecule has 2 rings (SSSR count). The van der Waals surface area contributed by atoms with Crippen molar-refractivity contribution in [3.8, 4) is 0 Å². The quantitative estimate of drug-likeness (QED) is 0.633. The van der Waals surface area contributed by atoms with Crippen LogP contribution >= 0.6 is 0 Å². The first-order chi connectivity index (χ1) is 14.3. The van der Waals surface area contributed by atoms with E-state index in [0.717, 1.165) is 20.8 Å². The Balaban J connectivity index is 2.19. The summed E-state index contributed by atoms with van der Waals surface area (Å²) in [5.74, 6) is -0.716. The average Bonchev–Trinajstić information content (AvgIpc) is 2.95. The largest absolute Gasteiger partial charge is 0.444 e. The second kappa shape index (κ2) is 9.69. The van der Waals surface area contributed by atoms with Gasteiger partial charge in [0.1, 0.15) is 11.6 Å². The fourth-order valence-corrected chi connectivity index (χ4v) is 3.80. The predicted octanol–water partition coefficient (Wildman–Crippen LogP) is 1.62. The molecule has 1 aromatic carbocycles. The first kappa shape index (κ1) is 24.7. The highest BCUT2D eigenvalue weighted by Crippen LogP contribution is 2.21. The molecule has 2 N–H and O–H groups in total. The molecule has 1 unspecified atom stereocenters. The summed E-state index contributed by atoms with van der Waals surface area (Å²) in [6.45, 7) is 5.14. The Kier molecular flexibility index (Phi) is 7.72. The van der Waals surface area contributed by atoms with Crippen LogP contribution in [0.25, 0.3) is 10.9 Å². The second-order valence-electron chi connectivity index (χ2n) is 8.57. The van der Waals surface area contributed by atoms with E-state index in [9.17, 15) is 18.0 Å². The number of sulfonamides is 1. The summed E-state index contributed by atoms with van der Waals surface area (Å²) in [6, 6.07) is 6.84. The lowest BCUT2D eigenvalue weighted by molar-refractivity contribution is -0.123. The summed E-state index contributed by atoms with van der Waals surface area (Å²) in [7, 11) is 1.33. The number of aryl methyl sites for hydroxylation is 1. The number of nitrogens with zero attached hydrogens (tertiary/aromatic N) is 2. The topological polar surface area (TPSA) is 110 Å². The van der Waals surface area contributed by atoms with Crippen molar-refractivity contribution >= 4 is 32.9 Å². The number of hydrogen-bond acceptors (Lipinski definition) is 5. The second-order valence-corrected chi connectivity index (χ2v) is 10.9. The van der Waals surface area contributed by atoms with Gasteiger partial charge >= 0.3 is 6.09 Å². The van der Waals surface area contributed by atoms with Crippen LogP contribution in [0.2, 0.25) is 0 Å². The minimum atomic E-state index is -3.45. The van der Waals surface area contributed by atoms with Gasteiger partial charge in [-0.05, 0) is 32.4 Å². The molecule has 0 fully saturated rings. The Labute approximate surface area is 183 Å². The van der Waals surface area contributed by atoms with Gasteiger partial charge in [-0.1, -0.05) is 18.2 Å². The SMILES string of the molecule is CN(C)S(=O)(=O)CCNC(=O)C(Cc1cn(C)c2ccccc12)NC(=O)OC(C)(C)C. The van der Waals surface area contributed by atoms with Crippen LogP contribution in [0.3, 0.4) is 0 Å². The zero-order valence-electron chi connectivity index (χ0n) is 18.9. The van der Waals surface area contributed by atoms with Crippen LogP contribution in [0.1, 0.15) is 26.3 Å². The van der Waals surface area contributed by atoms with Crippen molar-refractivity contribution in [1.29, 1.82) is 0 Å². The number of carbonyl (C=O) groups excluding carboxylic acids is 2. The van der Waals surface area contributed by atoms with Crippen LogP contribution in [0, 0.1) is 0 Å².